The van der Waals surface area contributed by atoms with Crippen LogP contribution < -0.4 is 10.6 Å². The average molecular weight is 293 g/mol. The fourth-order valence-corrected chi connectivity index (χ4v) is 4.34. The summed E-state index contributed by atoms with van der Waals surface area (Å²) < 4.78 is 0. The van der Waals surface area contributed by atoms with Crippen molar-refractivity contribution in [2.75, 3.05) is 20.1 Å². The van der Waals surface area contributed by atoms with Crippen LogP contribution in [0.15, 0.2) is 0 Å². The molecule has 21 heavy (non-hydrogen) atoms. The molecule has 5 nitrogen and oxygen atoms in total. The largest absolute Gasteiger partial charge is 0.359 e. The Hall–Kier alpha value is -1.10. The molecule has 0 aliphatic carbocycles. The lowest BCUT2D eigenvalue weighted by molar-refractivity contribution is -0.136. The fraction of sp³-hybridized carbons (Fsp3) is 0.875. The van der Waals surface area contributed by atoms with Gasteiger partial charge in [-0.25, -0.2) is 0 Å². The lowest BCUT2D eigenvalue weighted by Gasteiger charge is -2.34. The minimum absolute atomic E-state index is 0.0168. The summed E-state index contributed by atoms with van der Waals surface area (Å²) in [7, 11) is 1.67. The van der Waals surface area contributed by atoms with Crippen LogP contribution in [0.3, 0.4) is 0 Å². The van der Waals surface area contributed by atoms with Crippen LogP contribution >= 0.6 is 0 Å². The molecular weight excluding hydrogens is 266 g/mol. The summed E-state index contributed by atoms with van der Waals surface area (Å²) >= 11 is 0. The van der Waals surface area contributed by atoms with Crippen LogP contribution in [0.25, 0.3) is 0 Å². The molecule has 3 aliphatic rings. The average Bonchev–Trinajstić information content (AvgIpc) is 2.85. The lowest BCUT2D eigenvalue weighted by Crippen LogP contribution is -2.46. The van der Waals surface area contributed by atoms with E-state index >= 15 is 0 Å². The third-order valence-electron chi connectivity index (χ3n) is 5.43. The van der Waals surface area contributed by atoms with Crippen molar-refractivity contribution in [3.8, 4) is 0 Å². The maximum absolute atomic E-state index is 12.5. The topological polar surface area (TPSA) is 61.4 Å². The normalized spacial score (nSPS) is 35.6. The van der Waals surface area contributed by atoms with Gasteiger partial charge in [0.2, 0.25) is 11.8 Å². The summed E-state index contributed by atoms with van der Waals surface area (Å²) in [6.45, 7) is 1.43. The number of nitrogens with one attached hydrogen (secondary N) is 2. The Morgan fingerprint density at radius 2 is 1.90 bits per heavy atom. The van der Waals surface area contributed by atoms with Crippen LogP contribution in [0.1, 0.15) is 44.9 Å². The van der Waals surface area contributed by atoms with Gasteiger partial charge in [0.25, 0.3) is 0 Å². The van der Waals surface area contributed by atoms with Crippen LogP contribution in [-0.4, -0.2) is 48.9 Å². The summed E-state index contributed by atoms with van der Waals surface area (Å²) in [6.07, 6.45) is 7.37. The van der Waals surface area contributed by atoms with Crippen molar-refractivity contribution in [1.82, 2.24) is 15.5 Å². The van der Waals surface area contributed by atoms with Crippen molar-refractivity contribution in [3.63, 3.8) is 0 Å². The van der Waals surface area contributed by atoms with E-state index in [2.05, 4.69) is 10.6 Å². The number of likely N-dealkylation sites (tertiary alicyclic amines) is 1. The van der Waals surface area contributed by atoms with Crippen molar-refractivity contribution in [1.29, 1.82) is 0 Å². The van der Waals surface area contributed by atoms with Gasteiger partial charge in [0.1, 0.15) is 0 Å². The number of fused-ring (bicyclic) bond motifs is 2. The molecule has 2 bridgehead atoms. The molecule has 3 heterocycles. The number of carbonyl (C=O) groups excluding carboxylic acids is 2. The molecule has 3 fully saturated rings. The Labute approximate surface area is 126 Å². The van der Waals surface area contributed by atoms with Gasteiger partial charge in [-0.05, 0) is 44.4 Å². The van der Waals surface area contributed by atoms with Crippen molar-refractivity contribution in [2.24, 2.45) is 11.8 Å². The number of hydrogen-bond donors (Lipinski definition) is 2. The molecule has 0 saturated carbocycles. The first-order chi connectivity index (χ1) is 10.2. The third kappa shape index (κ3) is 3.39. The van der Waals surface area contributed by atoms with E-state index in [-0.39, 0.29) is 17.7 Å². The summed E-state index contributed by atoms with van der Waals surface area (Å²) in [4.78, 5) is 26.2. The Morgan fingerprint density at radius 3 is 2.57 bits per heavy atom. The van der Waals surface area contributed by atoms with Gasteiger partial charge in [0.05, 0.1) is 5.92 Å². The molecule has 0 spiro atoms. The Bertz CT molecular complexity index is 400. The molecule has 3 unspecified atom stereocenters. The molecule has 2 amide bonds. The maximum Gasteiger partial charge on any atom is 0.224 e. The predicted molar refractivity (Wildman–Crippen MR) is 80.7 cm³/mol. The number of piperidine rings is 2. The summed E-state index contributed by atoms with van der Waals surface area (Å²) in [5.74, 6) is 0.857. The molecule has 0 aromatic heterocycles. The molecule has 3 atom stereocenters. The fourth-order valence-electron chi connectivity index (χ4n) is 4.34. The zero-order chi connectivity index (χ0) is 14.8. The second kappa shape index (κ2) is 6.34. The van der Waals surface area contributed by atoms with E-state index < -0.39 is 0 Å². The molecule has 3 aliphatic heterocycles. The summed E-state index contributed by atoms with van der Waals surface area (Å²) in [5.41, 5.74) is 0. The van der Waals surface area contributed by atoms with Crippen LogP contribution in [-0.2, 0) is 9.59 Å². The lowest BCUT2D eigenvalue weighted by atomic mass is 9.88. The van der Waals surface area contributed by atoms with Crippen molar-refractivity contribution >= 4 is 11.8 Å². The van der Waals surface area contributed by atoms with E-state index in [0.29, 0.717) is 31.0 Å². The third-order valence-corrected chi connectivity index (χ3v) is 5.43. The van der Waals surface area contributed by atoms with Crippen LogP contribution in [0.4, 0.5) is 0 Å². The molecule has 0 aromatic rings. The SMILES string of the molecule is CNC(=O)C1CCCN(C(=O)CC2CC3CCC(C2)N3)C1. The Kier molecular flexibility index (Phi) is 4.48. The highest BCUT2D eigenvalue weighted by atomic mass is 16.2. The maximum atomic E-state index is 12.5. The minimum atomic E-state index is -0.0168. The van der Waals surface area contributed by atoms with E-state index in [9.17, 15) is 9.59 Å². The number of amides is 2. The van der Waals surface area contributed by atoms with Gasteiger partial charge >= 0.3 is 0 Å². The highest BCUT2D eigenvalue weighted by Gasteiger charge is 2.35. The van der Waals surface area contributed by atoms with E-state index in [4.69, 9.17) is 0 Å². The molecule has 2 N–H and O–H groups in total. The zero-order valence-electron chi connectivity index (χ0n) is 12.9. The van der Waals surface area contributed by atoms with E-state index in [0.717, 1.165) is 32.2 Å². The Morgan fingerprint density at radius 1 is 1.19 bits per heavy atom. The van der Waals surface area contributed by atoms with E-state index in [1.807, 2.05) is 4.90 Å². The number of carbonyl (C=O) groups is 2. The molecule has 3 saturated heterocycles. The van der Waals surface area contributed by atoms with Gasteiger partial charge in [0.15, 0.2) is 0 Å². The number of rotatable bonds is 3. The second-order valence-corrected chi connectivity index (χ2v) is 6.97. The van der Waals surface area contributed by atoms with Crippen molar-refractivity contribution < 1.29 is 9.59 Å². The highest BCUT2D eigenvalue weighted by molar-refractivity contribution is 5.81. The van der Waals surface area contributed by atoms with Gasteiger partial charge in [-0.1, -0.05) is 0 Å². The van der Waals surface area contributed by atoms with Gasteiger partial charge in [-0.2, -0.15) is 0 Å². The monoisotopic (exact) mass is 293 g/mol. The molecule has 3 rings (SSSR count). The first-order valence-corrected chi connectivity index (χ1v) is 8.41. The van der Waals surface area contributed by atoms with Crippen molar-refractivity contribution in [3.05, 3.63) is 0 Å². The summed E-state index contributed by atoms with van der Waals surface area (Å²) in [5, 5.41) is 6.34. The summed E-state index contributed by atoms with van der Waals surface area (Å²) in [6, 6.07) is 1.28. The van der Waals surface area contributed by atoms with E-state index in [1.165, 1.54) is 12.8 Å². The number of hydrogen-bond acceptors (Lipinski definition) is 3. The van der Waals surface area contributed by atoms with E-state index in [1.54, 1.807) is 7.05 Å². The first kappa shape index (κ1) is 14.8. The first-order valence-electron chi connectivity index (χ1n) is 8.41. The van der Waals surface area contributed by atoms with Crippen LogP contribution in [0.5, 0.6) is 0 Å². The van der Waals surface area contributed by atoms with Gasteiger partial charge in [-0.3, -0.25) is 9.59 Å². The van der Waals surface area contributed by atoms with Crippen LogP contribution in [0.2, 0.25) is 0 Å². The van der Waals surface area contributed by atoms with Gasteiger partial charge < -0.3 is 15.5 Å². The smallest absolute Gasteiger partial charge is 0.224 e. The number of nitrogens with zero attached hydrogens (tertiary/aromatic N) is 1. The highest BCUT2D eigenvalue weighted by Crippen LogP contribution is 2.33. The zero-order valence-corrected chi connectivity index (χ0v) is 12.9. The second-order valence-electron chi connectivity index (χ2n) is 6.97. The molecule has 0 aromatic carbocycles. The van der Waals surface area contributed by atoms with Crippen molar-refractivity contribution in [2.45, 2.75) is 57.0 Å². The predicted octanol–water partition coefficient (Wildman–Crippen LogP) is 0.892. The quantitative estimate of drug-likeness (QED) is 0.812. The van der Waals surface area contributed by atoms with Gasteiger partial charge in [0, 0.05) is 38.6 Å². The molecule has 5 heteroatoms. The standard InChI is InChI=1S/C16H27N3O2/c1-17-16(21)12-3-2-6-19(10-12)15(20)9-11-7-13-4-5-14(8-11)18-13/h11-14,18H,2-10H2,1H3,(H,17,21). The van der Waals surface area contributed by atoms with Gasteiger partial charge in [-0.15, -0.1) is 0 Å². The van der Waals surface area contributed by atoms with Crippen LogP contribution in [0, 0.1) is 11.8 Å². The molecule has 118 valence electrons. The molecular formula is C16H27N3O2. The minimum Gasteiger partial charge on any atom is -0.359 e. The molecule has 0 radical (unpaired) electrons. The Balaban J connectivity index is 1.51.